The third kappa shape index (κ3) is 5.37. The predicted octanol–water partition coefficient (Wildman–Crippen LogP) is 0.384. The van der Waals surface area contributed by atoms with Crippen molar-refractivity contribution in [2.75, 3.05) is 32.8 Å². The second kappa shape index (κ2) is 7.51. The molecule has 1 saturated heterocycles. The molecule has 1 heterocycles. The fraction of sp³-hybridized carbons (Fsp3) is 0.900. The highest BCUT2D eigenvalue weighted by Gasteiger charge is 2.20. The van der Waals surface area contributed by atoms with Gasteiger partial charge in [-0.3, -0.25) is 4.79 Å². The van der Waals surface area contributed by atoms with Crippen LogP contribution in [0.15, 0.2) is 0 Å². The van der Waals surface area contributed by atoms with E-state index in [0.717, 1.165) is 25.9 Å². The molecule has 0 aromatic carbocycles. The van der Waals surface area contributed by atoms with Crippen molar-refractivity contribution in [1.82, 2.24) is 10.6 Å². The summed E-state index contributed by atoms with van der Waals surface area (Å²) in [4.78, 5) is 11.6. The molecular weight excluding hydrogens is 218 g/mol. The van der Waals surface area contributed by atoms with Gasteiger partial charge in [-0.15, -0.1) is 0 Å². The highest BCUT2D eigenvalue weighted by Crippen LogP contribution is 2.10. The fourth-order valence-electron chi connectivity index (χ4n) is 1.65. The normalized spacial score (nSPS) is 17.7. The number of ether oxygens (including phenoxy) is 1. The Balaban J connectivity index is 2.01. The minimum Gasteiger partial charge on any atom is -0.374 e. The van der Waals surface area contributed by atoms with Crippen molar-refractivity contribution in [2.45, 2.75) is 19.3 Å². The molecule has 0 spiro atoms. The first-order valence-electron chi connectivity index (χ1n) is 5.54. The van der Waals surface area contributed by atoms with E-state index in [9.17, 15) is 13.6 Å². The SMILES string of the molecule is O=C(NCCOCC(F)F)C1CCNCC1. The van der Waals surface area contributed by atoms with Gasteiger partial charge in [0, 0.05) is 12.5 Å². The average Bonchev–Trinajstić information content (AvgIpc) is 2.29. The summed E-state index contributed by atoms with van der Waals surface area (Å²) < 4.78 is 28.0. The molecule has 0 bridgehead atoms. The maximum absolute atomic E-state index is 11.7. The summed E-state index contributed by atoms with van der Waals surface area (Å²) in [6, 6.07) is 0. The lowest BCUT2D eigenvalue weighted by Crippen LogP contribution is -2.39. The van der Waals surface area contributed by atoms with Crippen molar-refractivity contribution < 1.29 is 18.3 Å². The predicted molar refractivity (Wildman–Crippen MR) is 55.4 cm³/mol. The van der Waals surface area contributed by atoms with Crippen LogP contribution in [0.3, 0.4) is 0 Å². The lowest BCUT2D eigenvalue weighted by atomic mass is 9.97. The molecule has 2 N–H and O–H groups in total. The number of alkyl halides is 2. The Kier molecular flexibility index (Phi) is 6.25. The first-order chi connectivity index (χ1) is 7.70. The number of hydrogen-bond donors (Lipinski definition) is 2. The van der Waals surface area contributed by atoms with Gasteiger partial charge < -0.3 is 15.4 Å². The zero-order valence-electron chi connectivity index (χ0n) is 9.18. The minimum absolute atomic E-state index is 0.00199. The van der Waals surface area contributed by atoms with Crippen LogP contribution in [0.2, 0.25) is 0 Å². The van der Waals surface area contributed by atoms with Crippen molar-refractivity contribution in [1.29, 1.82) is 0 Å². The van der Waals surface area contributed by atoms with Crippen LogP contribution in [0.25, 0.3) is 0 Å². The lowest BCUT2D eigenvalue weighted by molar-refractivity contribution is -0.126. The van der Waals surface area contributed by atoms with Crippen LogP contribution in [0, 0.1) is 5.92 Å². The molecule has 1 aliphatic rings. The summed E-state index contributed by atoms with van der Waals surface area (Å²) in [6.45, 7) is 1.60. The van der Waals surface area contributed by atoms with Gasteiger partial charge in [0.15, 0.2) is 0 Å². The van der Waals surface area contributed by atoms with E-state index in [-0.39, 0.29) is 18.4 Å². The minimum atomic E-state index is -2.44. The number of rotatable bonds is 6. The van der Waals surface area contributed by atoms with Crippen molar-refractivity contribution >= 4 is 5.91 Å². The van der Waals surface area contributed by atoms with E-state index < -0.39 is 13.0 Å². The van der Waals surface area contributed by atoms with Crippen LogP contribution >= 0.6 is 0 Å². The van der Waals surface area contributed by atoms with Crippen LogP contribution in [0.5, 0.6) is 0 Å². The third-order valence-electron chi connectivity index (χ3n) is 2.50. The molecule has 1 aliphatic heterocycles. The highest BCUT2D eigenvalue weighted by atomic mass is 19.3. The summed E-state index contributed by atoms with van der Waals surface area (Å²) >= 11 is 0. The molecule has 0 radical (unpaired) electrons. The molecule has 0 aromatic heterocycles. The average molecular weight is 236 g/mol. The molecule has 0 saturated carbocycles. The topological polar surface area (TPSA) is 50.4 Å². The summed E-state index contributed by atoms with van der Waals surface area (Å²) in [5.74, 6) is 0.0542. The van der Waals surface area contributed by atoms with E-state index in [1.807, 2.05) is 0 Å². The number of hydrogen-bond acceptors (Lipinski definition) is 3. The second-order valence-corrected chi connectivity index (χ2v) is 3.78. The first-order valence-corrected chi connectivity index (χ1v) is 5.54. The molecule has 6 heteroatoms. The summed E-state index contributed by atoms with van der Waals surface area (Å²) in [5, 5.41) is 5.86. The van der Waals surface area contributed by atoms with Gasteiger partial charge in [0.25, 0.3) is 6.43 Å². The highest BCUT2D eigenvalue weighted by molar-refractivity contribution is 5.78. The standard InChI is InChI=1S/C10H18F2N2O2/c11-9(12)7-16-6-5-14-10(15)8-1-3-13-4-2-8/h8-9,13H,1-7H2,(H,14,15). The molecule has 1 amide bonds. The van der Waals surface area contributed by atoms with Gasteiger partial charge in [-0.05, 0) is 25.9 Å². The lowest BCUT2D eigenvalue weighted by Gasteiger charge is -2.21. The summed E-state index contributed by atoms with van der Waals surface area (Å²) in [7, 11) is 0. The van der Waals surface area contributed by atoms with Crippen molar-refractivity contribution in [2.24, 2.45) is 5.92 Å². The number of amides is 1. The first kappa shape index (κ1) is 13.3. The molecule has 0 atom stereocenters. The second-order valence-electron chi connectivity index (χ2n) is 3.78. The van der Waals surface area contributed by atoms with Crippen molar-refractivity contribution in [3.05, 3.63) is 0 Å². The summed E-state index contributed by atoms with van der Waals surface area (Å²) in [5.41, 5.74) is 0. The monoisotopic (exact) mass is 236 g/mol. The van der Waals surface area contributed by atoms with Gasteiger partial charge in [-0.25, -0.2) is 8.78 Å². The van der Waals surface area contributed by atoms with E-state index in [2.05, 4.69) is 15.4 Å². The molecule has 0 aliphatic carbocycles. The maximum atomic E-state index is 11.7. The molecule has 94 valence electrons. The Morgan fingerprint density at radius 1 is 1.44 bits per heavy atom. The molecule has 0 aromatic rings. The van der Waals surface area contributed by atoms with Gasteiger partial charge in [0.05, 0.1) is 6.61 Å². The van der Waals surface area contributed by atoms with Crippen molar-refractivity contribution in [3.8, 4) is 0 Å². The van der Waals surface area contributed by atoms with Gasteiger partial charge in [-0.1, -0.05) is 0 Å². The van der Waals surface area contributed by atoms with Crippen molar-refractivity contribution in [3.63, 3.8) is 0 Å². The van der Waals surface area contributed by atoms with Crippen LogP contribution in [-0.2, 0) is 9.53 Å². The Hall–Kier alpha value is -0.750. The largest absolute Gasteiger partial charge is 0.374 e. The van der Waals surface area contributed by atoms with Gasteiger partial charge in [0.2, 0.25) is 5.91 Å². The molecule has 4 nitrogen and oxygen atoms in total. The van der Waals surface area contributed by atoms with Gasteiger partial charge >= 0.3 is 0 Å². The van der Waals surface area contributed by atoms with E-state index in [1.165, 1.54) is 0 Å². The molecule has 1 fully saturated rings. The van der Waals surface area contributed by atoms with E-state index in [0.29, 0.717) is 6.54 Å². The number of carbonyl (C=O) groups is 1. The van der Waals surface area contributed by atoms with Gasteiger partial charge in [0.1, 0.15) is 6.61 Å². The molecular formula is C10H18F2N2O2. The Morgan fingerprint density at radius 3 is 2.75 bits per heavy atom. The van der Waals surface area contributed by atoms with E-state index in [1.54, 1.807) is 0 Å². The van der Waals surface area contributed by atoms with Gasteiger partial charge in [-0.2, -0.15) is 0 Å². The van der Waals surface area contributed by atoms with Crippen LogP contribution < -0.4 is 10.6 Å². The van der Waals surface area contributed by atoms with E-state index >= 15 is 0 Å². The number of nitrogens with one attached hydrogen (secondary N) is 2. The Morgan fingerprint density at radius 2 is 2.12 bits per heavy atom. The molecule has 1 rings (SSSR count). The molecule has 0 unspecified atom stereocenters. The Labute approximate surface area is 93.7 Å². The molecule has 16 heavy (non-hydrogen) atoms. The zero-order valence-corrected chi connectivity index (χ0v) is 9.18. The number of halogens is 2. The van der Waals surface area contributed by atoms with E-state index in [4.69, 9.17) is 0 Å². The zero-order chi connectivity index (χ0) is 11.8. The number of piperidine rings is 1. The summed E-state index contributed by atoms with van der Waals surface area (Å²) in [6.07, 6.45) is -0.770. The Bertz CT molecular complexity index is 209. The third-order valence-corrected chi connectivity index (χ3v) is 2.50. The van der Waals surface area contributed by atoms with Crippen LogP contribution in [-0.4, -0.2) is 45.2 Å². The fourth-order valence-corrected chi connectivity index (χ4v) is 1.65. The van der Waals surface area contributed by atoms with Crippen LogP contribution in [0.1, 0.15) is 12.8 Å². The smallest absolute Gasteiger partial charge is 0.261 e. The maximum Gasteiger partial charge on any atom is 0.261 e. The van der Waals surface area contributed by atoms with Crippen LogP contribution in [0.4, 0.5) is 8.78 Å². The quantitative estimate of drug-likeness (QED) is 0.656. The number of carbonyl (C=O) groups excluding carboxylic acids is 1.